The van der Waals surface area contributed by atoms with Crippen molar-refractivity contribution in [2.45, 2.75) is 32.8 Å². The van der Waals surface area contributed by atoms with Crippen LogP contribution in [0.25, 0.3) is 0 Å². The molecular weight excluding hydrogens is 273 g/mol. The van der Waals surface area contributed by atoms with Crippen LogP contribution >= 0.6 is 0 Å². The van der Waals surface area contributed by atoms with Gasteiger partial charge in [-0.2, -0.15) is 0 Å². The maximum Gasteiger partial charge on any atom is 0.573 e. The maximum absolute atomic E-state index is 12.3. The molecule has 1 aromatic rings. The lowest BCUT2D eigenvalue weighted by molar-refractivity contribution is -0.274. The summed E-state index contributed by atoms with van der Waals surface area (Å²) in [5.41, 5.74) is 0.284. The molecule has 0 saturated heterocycles. The Kier molecular flexibility index (Phi) is 5.24. The van der Waals surface area contributed by atoms with Crippen molar-refractivity contribution in [2.75, 3.05) is 7.05 Å². The van der Waals surface area contributed by atoms with Crippen LogP contribution in [0, 0.1) is 0 Å². The monoisotopic (exact) mass is 290 g/mol. The average Bonchev–Trinajstić information content (AvgIpc) is 2.28. The molecule has 1 N–H and O–H groups in total. The van der Waals surface area contributed by atoms with Gasteiger partial charge in [0, 0.05) is 18.7 Å². The van der Waals surface area contributed by atoms with Crippen molar-refractivity contribution in [3.05, 3.63) is 29.8 Å². The molecule has 0 radical (unpaired) electrons. The summed E-state index contributed by atoms with van der Waals surface area (Å²) >= 11 is 0. The molecule has 112 valence electrons. The third kappa shape index (κ3) is 5.38. The number of benzene rings is 1. The van der Waals surface area contributed by atoms with E-state index in [0.717, 1.165) is 0 Å². The molecule has 4 nitrogen and oxygen atoms in total. The van der Waals surface area contributed by atoms with Gasteiger partial charge in [0.2, 0.25) is 0 Å². The van der Waals surface area contributed by atoms with Gasteiger partial charge in [0.1, 0.15) is 5.75 Å². The van der Waals surface area contributed by atoms with E-state index in [1.54, 1.807) is 19.9 Å². The van der Waals surface area contributed by atoms with Crippen LogP contribution in [0.5, 0.6) is 5.75 Å². The topological polar surface area (TPSA) is 41.6 Å². The van der Waals surface area contributed by atoms with Crippen molar-refractivity contribution >= 4 is 6.03 Å². The van der Waals surface area contributed by atoms with Crippen LogP contribution in [0.4, 0.5) is 18.0 Å². The number of carbonyl (C=O) groups excluding carboxylic acids is 1. The second-order valence-corrected chi connectivity index (χ2v) is 4.62. The van der Waals surface area contributed by atoms with Gasteiger partial charge >= 0.3 is 12.4 Å². The van der Waals surface area contributed by atoms with Gasteiger partial charge in [-0.25, -0.2) is 4.79 Å². The molecule has 0 aromatic heterocycles. The Hall–Kier alpha value is -1.92. The Labute approximate surface area is 115 Å². The third-order valence-electron chi connectivity index (χ3n) is 2.36. The molecule has 0 unspecified atom stereocenters. The smallest absolute Gasteiger partial charge is 0.405 e. The molecule has 7 heteroatoms. The van der Waals surface area contributed by atoms with Crippen molar-refractivity contribution in [1.82, 2.24) is 10.2 Å². The molecule has 0 aliphatic rings. The molecule has 0 atom stereocenters. The SMILES string of the molecule is CC(C)NC(=O)N(C)Cc1ccccc1OC(F)(F)F. The van der Waals surface area contributed by atoms with E-state index in [9.17, 15) is 18.0 Å². The van der Waals surface area contributed by atoms with Crippen molar-refractivity contribution in [3.8, 4) is 5.75 Å². The van der Waals surface area contributed by atoms with E-state index in [-0.39, 0.29) is 29.9 Å². The molecule has 0 fully saturated rings. The zero-order chi connectivity index (χ0) is 15.3. The lowest BCUT2D eigenvalue weighted by Gasteiger charge is -2.21. The van der Waals surface area contributed by atoms with Crippen LogP contribution in [-0.2, 0) is 6.54 Å². The van der Waals surface area contributed by atoms with E-state index in [0.29, 0.717) is 0 Å². The third-order valence-corrected chi connectivity index (χ3v) is 2.36. The first-order valence-corrected chi connectivity index (χ1v) is 6.04. The Balaban J connectivity index is 2.79. The Morgan fingerprint density at radius 2 is 1.95 bits per heavy atom. The van der Waals surface area contributed by atoms with Crippen LogP contribution in [0.15, 0.2) is 24.3 Å². The van der Waals surface area contributed by atoms with Crippen molar-refractivity contribution < 1.29 is 22.7 Å². The lowest BCUT2D eigenvalue weighted by atomic mass is 10.2. The Bertz CT molecular complexity index is 461. The summed E-state index contributed by atoms with van der Waals surface area (Å²) in [5.74, 6) is -0.302. The molecule has 0 aliphatic carbocycles. The number of carbonyl (C=O) groups is 1. The minimum absolute atomic E-state index is 0.0187. The number of alkyl halides is 3. The molecule has 1 rings (SSSR count). The maximum atomic E-state index is 12.3. The Morgan fingerprint density at radius 3 is 2.50 bits per heavy atom. The van der Waals surface area contributed by atoms with Gasteiger partial charge in [0.05, 0.1) is 6.54 Å². The summed E-state index contributed by atoms with van der Waals surface area (Å²) in [4.78, 5) is 13.0. The van der Waals surface area contributed by atoms with Crippen LogP contribution in [0.3, 0.4) is 0 Å². The zero-order valence-corrected chi connectivity index (χ0v) is 11.5. The fraction of sp³-hybridized carbons (Fsp3) is 0.462. The fourth-order valence-corrected chi connectivity index (χ4v) is 1.54. The summed E-state index contributed by atoms with van der Waals surface area (Å²) in [5, 5.41) is 2.65. The number of hydrogen-bond acceptors (Lipinski definition) is 2. The number of ether oxygens (including phenoxy) is 1. The number of para-hydroxylation sites is 1. The van der Waals surface area contributed by atoms with Crippen molar-refractivity contribution in [1.29, 1.82) is 0 Å². The molecule has 20 heavy (non-hydrogen) atoms. The van der Waals surface area contributed by atoms with E-state index >= 15 is 0 Å². The first-order chi connectivity index (χ1) is 9.19. The highest BCUT2D eigenvalue weighted by atomic mass is 19.4. The minimum Gasteiger partial charge on any atom is -0.405 e. The van der Waals surface area contributed by atoms with Gasteiger partial charge in [-0.05, 0) is 19.9 Å². The van der Waals surface area contributed by atoms with Crippen molar-refractivity contribution in [3.63, 3.8) is 0 Å². The molecule has 1 aromatic carbocycles. The predicted molar refractivity (Wildman–Crippen MR) is 68.3 cm³/mol. The van der Waals surface area contributed by atoms with Crippen LogP contribution in [0.2, 0.25) is 0 Å². The highest BCUT2D eigenvalue weighted by molar-refractivity contribution is 5.74. The number of rotatable bonds is 4. The van der Waals surface area contributed by atoms with E-state index in [2.05, 4.69) is 10.1 Å². The van der Waals surface area contributed by atoms with E-state index < -0.39 is 6.36 Å². The second kappa shape index (κ2) is 6.49. The first kappa shape index (κ1) is 16.1. The van der Waals surface area contributed by atoms with Gasteiger partial charge in [0.25, 0.3) is 0 Å². The van der Waals surface area contributed by atoms with Crippen molar-refractivity contribution in [2.24, 2.45) is 0 Å². The number of nitrogens with one attached hydrogen (secondary N) is 1. The number of nitrogens with zero attached hydrogens (tertiary/aromatic N) is 1. The highest BCUT2D eigenvalue weighted by Crippen LogP contribution is 2.26. The highest BCUT2D eigenvalue weighted by Gasteiger charge is 2.32. The second-order valence-electron chi connectivity index (χ2n) is 4.62. The predicted octanol–water partition coefficient (Wildman–Crippen LogP) is 3.14. The number of urea groups is 1. The van der Waals surface area contributed by atoms with Gasteiger partial charge in [0.15, 0.2) is 0 Å². The summed E-state index contributed by atoms with van der Waals surface area (Å²) < 4.78 is 40.8. The summed E-state index contributed by atoms with van der Waals surface area (Å²) in [6.45, 7) is 3.61. The number of hydrogen-bond donors (Lipinski definition) is 1. The Morgan fingerprint density at radius 1 is 1.35 bits per heavy atom. The number of amides is 2. The number of halogens is 3. The standard InChI is InChI=1S/C13H17F3N2O2/c1-9(2)17-12(19)18(3)8-10-6-4-5-7-11(10)20-13(14,15)16/h4-7,9H,8H2,1-3H3,(H,17,19). The molecule has 0 spiro atoms. The largest absolute Gasteiger partial charge is 0.573 e. The first-order valence-electron chi connectivity index (χ1n) is 6.04. The van der Waals surface area contributed by atoms with Crippen LogP contribution < -0.4 is 10.1 Å². The summed E-state index contributed by atoms with van der Waals surface area (Å²) in [7, 11) is 1.50. The van der Waals surface area contributed by atoms with E-state index in [1.165, 1.54) is 30.1 Å². The van der Waals surface area contributed by atoms with Crippen LogP contribution in [0.1, 0.15) is 19.4 Å². The fourth-order valence-electron chi connectivity index (χ4n) is 1.54. The van der Waals surface area contributed by atoms with Gasteiger partial charge < -0.3 is 15.0 Å². The van der Waals surface area contributed by atoms with E-state index in [1.807, 2.05) is 0 Å². The van der Waals surface area contributed by atoms with Gasteiger partial charge in [-0.3, -0.25) is 0 Å². The van der Waals surface area contributed by atoms with Crippen LogP contribution in [-0.4, -0.2) is 30.4 Å². The summed E-state index contributed by atoms with van der Waals surface area (Å²) in [6.07, 6.45) is -4.76. The zero-order valence-electron chi connectivity index (χ0n) is 11.5. The van der Waals surface area contributed by atoms with E-state index in [4.69, 9.17) is 0 Å². The molecule has 0 bridgehead atoms. The lowest BCUT2D eigenvalue weighted by Crippen LogP contribution is -2.40. The summed E-state index contributed by atoms with van der Waals surface area (Å²) in [6, 6.07) is 5.33. The average molecular weight is 290 g/mol. The normalized spacial score (nSPS) is 11.3. The molecule has 0 heterocycles. The molecule has 0 saturated carbocycles. The van der Waals surface area contributed by atoms with Gasteiger partial charge in [-0.15, -0.1) is 13.2 Å². The quantitative estimate of drug-likeness (QED) is 0.925. The minimum atomic E-state index is -4.76. The molecular formula is C13H17F3N2O2. The van der Waals surface area contributed by atoms with Gasteiger partial charge in [-0.1, -0.05) is 18.2 Å². The molecule has 0 aliphatic heterocycles. The molecule has 2 amide bonds.